The molecule has 5 heteroatoms. The Balaban J connectivity index is 2.99. The van der Waals surface area contributed by atoms with E-state index in [9.17, 15) is 4.79 Å². The third kappa shape index (κ3) is 1.86. The van der Waals surface area contributed by atoms with E-state index in [-0.39, 0.29) is 5.69 Å². The molecular formula is C7H5BrN2O2. The van der Waals surface area contributed by atoms with Crippen LogP contribution in [0.25, 0.3) is 0 Å². The largest absolute Gasteiger partial charge is 0.476 e. The van der Waals surface area contributed by atoms with Gasteiger partial charge in [-0.2, -0.15) is 5.10 Å². The number of aromatic carboxylic acids is 1. The average Bonchev–Trinajstić information content (AvgIpc) is 2.48. The van der Waals surface area contributed by atoms with E-state index in [0.717, 1.165) is 0 Å². The highest BCUT2D eigenvalue weighted by atomic mass is 79.9. The zero-order valence-corrected chi connectivity index (χ0v) is 7.55. The van der Waals surface area contributed by atoms with E-state index in [1.807, 2.05) is 0 Å². The van der Waals surface area contributed by atoms with Crippen LogP contribution >= 0.6 is 15.9 Å². The number of nitrogens with one attached hydrogen (secondary N) is 1. The van der Waals surface area contributed by atoms with Gasteiger partial charge in [-0.05, 0) is 0 Å². The molecular weight excluding hydrogens is 224 g/mol. The summed E-state index contributed by atoms with van der Waals surface area (Å²) < 4.78 is 0. The maximum atomic E-state index is 10.5. The molecule has 2 N–H and O–H groups in total. The number of aromatic amines is 1. The molecule has 1 aromatic rings. The number of nitrogens with zero attached hydrogens (tertiary/aromatic N) is 1. The van der Waals surface area contributed by atoms with Crippen molar-refractivity contribution in [2.45, 2.75) is 0 Å². The van der Waals surface area contributed by atoms with E-state index in [0.29, 0.717) is 10.9 Å². The molecule has 0 amide bonds. The molecule has 1 aromatic heterocycles. The summed E-state index contributed by atoms with van der Waals surface area (Å²) in [7, 11) is 0. The normalized spacial score (nSPS) is 8.75. The Bertz CT molecular complexity index is 348. The minimum atomic E-state index is -1.05. The molecule has 0 aliphatic rings. The fraction of sp³-hybridized carbons (Fsp3) is 0.143. The van der Waals surface area contributed by atoms with Crippen molar-refractivity contribution in [1.29, 1.82) is 0 Å². The van der Waals surface area contributed by atoms with Gasteiger partial charge in [0, 0.05) is 0 Å². The Kier molecular flexibility index (Phi) is 2.88. The SMILES string of the molecule is O=C(O)c1[nH]ncc1C#CCBr. The third-order valence-electron chi connectivity index (χ3n) is 1.14. The van der Waals surface area contributed by atoms with E-state index in [1.165, 1.54) is 6.20 Å². The van der Waals surface area contributed by atoms with Gasteiger partial charge in [-0.15, -0.1) is 0 Å². The topological polar surface area (TPSA) is 66.0 Å². The van der Waals surface area contributed by atoms with Crippen LogP contribution in [0.15, 0.2) is 6.20 Å². The second kappa shape index (κ2) is 3.93. The van der Waals surface area contributed by atoms with Crippen molar-refractivity contribution in [1.82, 2.24) is 10.2 Å². The number of aromatic nitrogens is 2. The van der Waals surface area contributed by atoms with Gasteiger partial charge in [0.05, 0.1) is 17.1 Å². The number of carboxylic acids is 1. The Morgan fingerprint density at radius 2 is 2.58 bits per heavy atom. The summed E-state index contributed by atoms with van der Waals surface area (Å²) in [6.45, 7) is 0. The summed E-state index contributed by atoms with van der Waals surface area (Å²) >= 11 is 3.11. The molecule has 0 radical (unpaired) electrons. The van der Waals surface area contributed by atoms with E-state index < -0.39 is 5.97 Å². The molecule has 0 saturated heterocycles. The van der Waals surface area contributed by atoms with Gasteiger partial charge in [0.25, 0.3) is 0 Å². The molecule has 1 heterocycles. The molecule has 62 valence electrons. The number of hydrogen-bond donors (Lipinski definition) is 2. The van der Waals surface area contributed by atoms with Crippen molar-refractivity contribution in [3.8, 4) is 11.8 Å². The molecule has 0 aliphatic heterocycles. The lowest BCUT2D eigenvalue weighted by molar-refractivity contribution is 0.0690. The minimum Gasteiger partial charge on any atom is -0.476 e. The second-order valence-electron chi connectivity index (χ2n) is 1.90. The van der Waals surface area contributed by atoms with Crippen LogP contribution in [0.2, 0.25) is 0 Å². The summed E-state index contributed by atoms with van der Waals surface area (Å²) in [5, 5.41) is 15.0. The molecule has 0 unspecified atom stereocenters. The number of hydrogen-bond acceptors (Lipinski definition) is 2. The second-order valence-corrected chi connectivity index (χ2v) is 2.46. The Morgan fingerprint density at radius 1 is 1.83 bits per heavy atom. The highest BCUT2D eigenvalue weighted by Crippen LogP contribution is 2.01. The smallest absolute Gasteiger partial charge is 0.355 e. The fourth-order valence-corrected chi connectivity index (χ4v) is 0.813. The lowest BCUT2D eigenvalue weighted by Crippen LogP contribution is -1.98. The quantitative estimate of drug-likeness (QED) is 0.554. The van der Waals surface area contributed by atoms with Gasteiger partial charge in [-0.3, -0.25) is 5.10 Å². The van der Waals surface area contributed by atoms with Crippen molar-refractivity contribution < 1.29 is 9.90 Å². The first-order valence-electron chi connectivity index (χ1n) is 3.07. The molecule has 0 aromatic carbocycles. The van der Waals surface area contributed by atoms with Crippen LogP contribution in [0.1, 0.15) is 16.1 Å². The van der Waals surface area contributed by atoms with Gasteiger partial charge < -0.3 is 5.11 Å². The monoisotopic (exact) mass is 228 g/mol. The van der Waals surface area contributed by atoms with E-state index >= 15 is 0 Å². The third-order valence-corrected chi connectivity index (χ3v) is 1.42. The highest BCUT2D eigenvalue weighted by molar-refractivity contribution is 9.09. The van der Waals surface area contributed by atoms with Crippen molar-refractivity contribution in [2.24, 2.45) is 0 Å². The van der Waals surface area contributed by atoms with Crippen LogP contribution in [0.5, 0.6) is 0 Å². The predicted octanol–water partition coefficient (Wildman–Crippen LogP) is 0.854. The van der Waals surface area contributed by atoms with E-state index in [2.05, 4.69) is 38.0 Å². The molecule has 0 fully saturated rings. The number of H-pyrrole nitrogens is 1. The Hall–Kier alpha value is -1.28. The molecule has 0 saturated carbocycles. The summed E-state index contributed by atoms with van der Waals surface area (Å²) in [5.41, 5.74) is 0.436. The average molecular weight is 229 g/mol. The summed E-state index contributed by atoms with van der Waals surface area (Å²) in [6, 6.07) is 0. The van der Waals surface area contributed by atoms with Crippen LogP contribution in [0.4, 0.5) is 0 Å². The van der Waals surface area contributed by atoms with Crippen LogP contribution in [0, 0.1) is 11.8 Å². The first-order chi connectivity index (χ1) is 5.75. The van der Waals surface area contributed by atoms with Gasteiger partial charge in [-0.1, -0.05) is 27.8 Å². The minimum absolute atomic E-state index is 0.0310. The zero-order valence-electron chi connectivity index (χ0n) is 5.97. The van der Waals surface area contributed by atoms with E-state index in [4.69, 9.17) is 5.11 Å². The van der Waals surface area contributed by atoms with Crippen molar-refractivity contribution in [2.75, 3.05) is 5.33 Å². The summed E-state index contributed by atoms with van der Waals surface area (Å²) in [4.78, 5) is 10.5. The van der Waals surface area contributed by atoms with Gasteiger partial charge in [0.15, 0.2) is 5.69 Å². The fourth-order valence-electron chi connectivity index (χ4n) is 0.673. The predicted molar refractivity (Wildman–Crippen MR) is 46.2 cm³/mol. The van der Waals surface area contributed by atoms with E-state index in [1.54, 1.807) is 0 Å². The zero-order chi connectivity index (χ0) is 8.97. The maximum absolute atomic E-state index is 10.5. The van der Waals surface area contributed by atoms with Crippen molar-refractivity contribution >= 4 is 21.9 Å². The molecule has 4 nitrogen and oxygen atoms in total. The Morgan fingerprint density at radius 3 is 3.17 bits per heavy atom. The number of carboxylic acid groups (broad SMARTS) is 1. The first-order valence-corrected chi connectivity index (χ1v) is 4.19. The van der Waals surface area contributed by atoms with Gasteiger partial charge in [0.1, 0.15) is 0 Å². The molecule has 12 heavy (non-hydrogen) atoms. The maximum Gasteiger partial charge on any atom is 0.355 e. The Labute approximate surface area is 77.1 Å². The van der Waals surface area contributed by atoms with Gasteiger partial charge >= 0.3 is 5.97 Å². The van der Waals surface area contributed by atoms with Crippen LogP contribution < -0.4 is 0 Å². The van der Waals surface area contributed by atoms with Crippen molar-refractivity contribution in [3.63, 3.8) is 0 Å². The molecule has 1 rings (SSSR count). The number of carbonyl (C=O) groups is 1. The number of rotatable bonds is 1. The van der Waals surface area contributed by atoms with Crippen LogP contribution in [-0.4, -0.2) is 26.6 Å². The molecule has 0 aliphatic carbocycles. The molecule has 0 atom stereocenters. The van der Waals surface area contributed by atoms with Gasteiger partial charge in [0.2, 0.25) is 0 Å². The number of alkyl halides is 1. The summed E-state index contributed by atoms with van der Waals surface area (Å²) in [5.74, 6) is 4.29. The van der Waals surface area contributed by atoms with Crippen molar-refractivity contribution in [3.05, 3.63) is 17.5 Å². The highest BCUT2D eigenvalue weighted by Gasteiger charge is 2.09. The standard InChI is InChI=1S/C7H5BrN2O2/c8-3-1-2-5-4-9-10-6(5)7(11)12/h4H,3H2,(H,9,10)(H,11,12). The van der Waals surface area contributed by atoms with Gasteiger partial charge in [-0.25, -0.2) is 4.79 Å². The lowest BCUT2D eigenvalue weighted by atomic mass is 10.2. The lowest BCUT2D eigenvalue weighted by Gasteiger charge is -1.86. The summed E-state index contributed by atoms with van der Waals surface area (Å²) in [6.07, 6.45) is 1.39. The van der Waals surface area contributed by atoms with Crippen LogP contribution in [0.3, 0.4) is 0 Å². The molecule has 0 bridgehead atoms. The number of halogens is 1. The van der Waals surface area contributed by atoms with Crippen LogP contribution in [-0.2, 0) is 0 Å². The first kappa shape index (κ1) is 8.81. The molecule has 0 spiro atoms.